The number of hydrogen-bond donors (Lipinski definition) is 2. The van der Waals surface area contributed by atoms with Crippen LogP contribution >= 0.6 is 11.8 Å². The number of hydrogen-bond acceptors (Lipinski definition) is 4. The highest BCUT2D eigenvalue weighted by molar-refractivity contribution is 8.00. The highest BCUT2D eigenvalue weighted by Gasteiger charge is 2.38. The third-order valence-electron chi connectivity index (χ3n) is 7.72. The predicted octanol–water partition coefficient (Wildman–Crippen LogP) is 8.17. The zero-order chi connectivity index (χ0) is 28.5. The van der Waals surface area contributed by atoms with Crippen LogP contribution < -0.4 is 15.8 Å². The maximum Gasteiger partial charge on any atom is 0.219 e. The summed E-state index contributed by atoms with van der Waals surface area (Å²) < 4.78 is 5.25. The number of carbonyl (C=O) groups excluding carboxylic acids is 1. The van der Waals surface area contributed by atoms with Gasteiger partial charge >= 0.3 is 0 Å². The zero-order valence-electron chi connectivity index (χ0n) is 24.7. The Balaban J connectivity index is 1.52. The third kappa shape index (κ3) is 9.85. The van der Waals surface area contributed by atoms with Crippen LogP contribution in [0.1, 0.15) is 88.7 Å². The van der Waals surface area contributed by atoms with Crippen molar-refractivity contribution in [3.05, 3.63) is 89.5 Å². The fourth-order valence-electron chi connectivity index (χ4n) is 5.33. The number of nitrogens with two attached hydrogens (primary N) is 1. The van der Waals surface area contributed by atoms with E-state index in [2.05, 4.69) is 96.8 Å². The van der Waals surface area contributed by atoms with Crippen molar-refractivity contribution in [2.45, 2.75) is 82.3 Å². The molecule has 2 atom stereocenters. The van der Waals surface area contributed by atoms with E-state index in [0.717, 1.165) is 37.2 Å². The van der Waals surface area contributed by atoms with E-state index in [0.29, 0.717) is 25.4 Å². The van der Waals surface area contributed by atoms with Gasteiger partial charge in [0.2, 0.25) is 5.91 Å². The lowest BCUT2D eigenvalue weighted by Gasteiger charge is -2.37. The van der Waals surface area contributed by atoms with Crippen molar-refractivity contribution in [2.75, 3.05) is 26.0 Å². The Hall–Kier alpha value is -2.50. The van der Waals surface area contributed by atoms with Gasteiger partial charge in [-0.2, -0.15) is 0 Å². The second-order valence-corrected chi connectivity index (χ2v) is 12.2. The van der Waals surface area contributed by atoms with Crippen LogP contribution in [-0.4, -0.2) is 31.9 Å². The summed E-state index contributed by atoms with van der Waals surface area (Å²) in [5.41, 5.74) is 9.51. The molecule has 0 saturated heterocycles. The van der Waals surface area contributed by atoms with E-state index >= 15 is 0 Å². The van der Waals surface area contributed by atoms with Gasteiger partial charge in [-0.05, 0) is 72.7 Å². The normalized spacial score (nSPS) is 16.3. The number of benzene rings is 2. The number of allylic oxidation sites excluding steroid dienone is 3. The van der Waals surface area contributed by atoms with Gasteiger partial charge in [-0.25, -0.2) is 0 Å². The summed E-state index contributed by atoms with van der Waals surface area (Å²) >= 11 is 2.08. The molecular formula is C35H50N2O2S. The molecule has 2 aromatic rings. The second kappa shape index (κ2) is 18.0. The van der Waals surface area contributed by atoms with Gasteiger partial charge in [-0.15, -0.1) is 11.8 Å². The van der Waals surface area contributed by atoms with Crippen LogP contribution in [0.5, 0.6) is 5.75 Å². The van der Waals surface area contributed by atoms with E-state index in [1.54, 1.807) is 7.11 Å². The van der Waals surface area contributed by atoms with E-state index in [9.17, 15) is 4.79 Å². The topological polar surface area (TPSA) is 64.3 Å². The molecular weight excluding hydrogens is 512 g/mol. The molecule has 0 aromatic heterocycles. The maximum atomic E-state index is 11.8. The van der Waals surface area contributed by atoms with Crippen molar-refractivity contribution in [2.24, 2.45) is 11.7 Å². The van der Waals surface area contributed by atoms with Gasteiger partial charge in [0.15, 0.2) is 0 Å². The van der Waals surface area contributed by atoms with E-state index in [1.165, 1.54) is 55.2 Å². The number of ether oxygens (including phenoxy) is 1. The molecule has 0 heterocycles. The maximum absolute atomic E-state index is 11.8. The average molecular weight is 563 g/mol. The summed E-state index contributed by atoms with van der Waals surface area (Å²) in [5, 5.41) is 2.94. The summed E-state index contributed by atoms with van der Waals surface area (Å²) in [6.07, 6.45) is 19.4. The molecule has 0 spiro atoms. The minimum atomic E-state index is -0.235. The van der Waals surface area contributed by atoms with Gasteiger partial charge < -0.3 is 15.8 Å². The molecule has 1 aliphatic carbocycles. The molecule has 40 heavy (non-hydrogen) atoms. The Labute approximate surface area is 247 Å². The van der Waals surface area contributed by atoms with Crippen LogP contribution in [0.4, 0.5) is 0 Å². The summed E-state index contributed by atoms with van der Waals surface area (Å²) in [4.78, 5) is 11.8. The van der Waals surface area contributed by atoms with Gasteiger partial charge in [-0.1, -0.05) is 106 Å². The van der Waals surface area contributed by atoms with Gasteiger partial charge in [0.1, 0.15) is 5.75 Å². The van der Waals surface area contributed by atoms with Gasteiger partial charge in [-0.3, -0.25) is 4.79 Å². The van der Waals surface area contributed by atoms with Crippen LogP contribution in [0.3, 0.4) is 0 Å². The van der Waals surface area contributed by atoms with E-state index in [4.69, 9.17) is 10.5 Å². The smallest absolute Gasteiger partial charge is 0.219 e. The molecule has 3 rings (SSSR count). The monoisotopic (exact) mass is 562 g/mol. The first-order valence-corrected chi connectivity index (χ1v) is 16.3. The Morgan fingerprint density at radius 2 is 1.57 bits per heavy atom. The number of unbranched alkanes of at least 4 members (excludes halogenated alkanes) is 7. The molecule has 4 nitrogen and oxygen atoms in total. The molecule has 0 bridgehead atoms. The third-order valence-corrected chi connectivity index (χ3v) is 9.35. The standard InChI is InChI=1S/C35H50N2O2S/c1-29-18-20-31(21-19-29)35(30-15-10-9-11-16-30,32-22-24-33(39-2)25-23-32)40-28-13-8-6-4-3-5-7-12-17-34(38)37-27-14-26-36/h9-11,15-16,18,20-25,29H,3-8,12-14,17,19,26-28,36H2,1-2H3,(H,37,38). The Morgan fingerprint density at radius 3 is 2.20 bits per heavy atom. The summed E-state index contributed by atoms with van der Waals surface area (Å²) in [6, 6.07) is 19.7. The molecule has 5 heteroatoms. The molecule has 2 aromatic carbocycles. The highest BCUT2D eigenvalue weighted by Crippen LogP contribution is 2.51. The van der Waals surface area contributed by atoms with Crippen molar-refractivity contribution >= 4 is 17.7 Å². The van der Waals surface area contributed by atoms with Crippen molar-refractivity contribution in [3.63, 3.8) is 0 Å². The lowest BCUT2D eigenvalue weighted by atomic mass is 9.80. The number of nitrogens with one attached hydrogen (secondary N) is 1. The molecule has 0 radical (unpaired) electrons. The predicted molar refractivity (Wildman–Crippen MR) is 172 cm³/mol. The molecule has 0 saturated carbocycles. The number of carbonyl (C=O) groups is 1. The Morgan fingerprint density at radius 1 is 0.925 bits per heavy atom. The van der Waals surface area contributed by atoms with Crippen molar-refractivity contribution < 1.29 is 9.53 Å². The quantitative estimate of drug-likeness (QED) is 0.170. The van der Waals surface area contributed by atoms with E-state index in [1.807, 2.05) is 0 Å². The first-order valence-electron chi connectivity index (χ1n) is 15.3. The summed E-state index contributed by atoms with van der Waals surface area (Å²) in [6.45, 7) is 3.62. The largest absolute Gasteiger partial charge is 0.497 e. The summed E-state index contributed by atoms with van der Waals surface area (Å²) in [5.74, 6) is 2.75. The number of thioether (sulfide) groups is 1. The second-order valence-electron chi connectivity index (χ2n) is 10.9. The molecule has 1 aliphatic rings. The van der Waals surface area contributed by atoms with E-state index < -0.39 is 0 Å². The number of methoxy groups -OCH3 is 1. The lowest BCUT2D eigenvalue weighted by molar-refractivity contribution is -0.121. The number of rotatable bonds is 19. The van der Waals surface area contributed by atoms with Crippen LogP contribution in [0.15, 0.2) is 78.4 Å². The zero-order valence-corrected chi connectivity index (χ0v) is 25.5. The molecule has 2 unspecified atom stereocenters. The van der Waals surface area contributed by atoms with Crippen LogP contribution in [0.2, 0.25) is 0 Å². The van der Waals surface area contributed by atoms with Crippen molar-refractivity contribution in [1.29, 1.82) is 0 Å². The lowest BCUT2D eigenvalue weighted by Crippen LogP contribution is -2.27. The number of amides is 1. The van der Waals surface area contributed by atoms with Crippen molar-refractivity contribution in [1.82, 2.24) is 5.32 Å². The highest BCUT2D eigenvalue weighted by atomic mass is 32.2. The molecule has 0 fully saturated rings. The minimum Gasteiger partial charge on any atom is -0.497 e. The van der Waals surface area contributed by atoms with Gasteiger partial charge in [0.05, 0.1) is 11.9 Å². The van der Waals surface area contributed by atoms with Crippen LogP contribution in [0, 0.1) is 5.92 Å². The first kappa shape index (κ1) is 32.0. The first-order chi connectivity index (χ1) is 19.6. The minimum absolute atomic E-state index is 0.168. The van der Waals surface area contributed by atoms with Gasteiger partial charge in [0, 0.05) is 13.0 Å². The van der Waals surface area contributed by atoms with E-state index in [-0.39, 0.29) is 10.7 Å². The Kier molecular flexibility index (Phi) is 14.4. The molecule has 0 aliphatic heterocycles. The van der Waals surface area contributed by atoms with Crippen molar-refractivity contribution in [3.8, 4) is 5.75 Å². The fourth-order valence-corrected chi connectivity index (χ4v) is 6.91. The van der Waals surface area contributed by atoms with Gasteiger partial charge in [0.25, 0.3) is 0 Å². The molecule has 1 amide bonds. The Bertz CT molecular complexity index is 1050. The average Bonchev–Trinajstić information content (AvgIpc) is 2.99. The molecule has 218 valence electrons. The SMILES string of the molecule is COc1ccc(C(SCCCCCCCCCCC(=O)NCCCN)(C2=CCC(C)C=C2)c2ccccc2)cc1. The fraction of sp³-hybridized carbons (Fsp3) is 0.514. The van der Waals surface area contributed by atoms with Crippen LogP contribution in [-0.2, 0) is 9.54 Å². The molecule has 3 N–H and O–H groups in total. The van der Waals surface area contributed by atoms with Crippen LogP contribution in [0.25, 0.3) is 0 Å². The summed E-state index contributed by atoms with van der Waals surface area (Å²) in [7, 11) is 1.73.